The number of benzene rings is 3. The molecule has 1 N–H and O–H groups in total. The Morgan fingerprint density at radius 3 is 1.92 bits per heavy atom. The zero-order valence-electron chi connectivity index (χ0n) is 29.4. The SMILES string of the molecule is CC[N+](CC)(CC)O[PH+]([O])O[C@H]1C[C@H](n2cc(C)c(=O)[nH]c2=O)O[C@@H]1COC(c1ccccc1)(c1ccc(OC)cc1)c1ccc(OC)cc1. The quantitative estimate of drug-likeness (QED) is 0.0675. The van der Waals surface area contributed by atoms with E-state index >= 15 is 0 Å². The van der Waals surface area contributed by atoms with Crippen molar-refractivity contribution in [3.05, 3.63) is 128 Å². The van der Waals surface area contributed by atoms with E-state index in [2.05, 4.69) is 4.98 Å². The lowest BCUT2D eigenvalue weighted by molar-refractivity contribution is -1.08. The van der Waals surface area contributed by atoms with Crippen LogP contribution in [0.5, 0.6) is 11.5 Å². The lowest BCUT2D eigenvalue weighted by atomic mass is 9.80. The number of nitrogens with zero attached hydrogens (tertiary/aromatic N) is 2. The number of rotatable bonds is 16. The molecular formula is C37H47N3O9P+2. The Morgan fingerprint density at radius 1 is 0.860 bits per heavy atom. The van der Waals surface area contributed by atoms with Crippen molar-refractivity contribution in [3.63, 3.8) is 0 Å². The highest BCUT2D eigenvalue weighted by molar-refractivity contribution is 7.40. The number of aromatic nitrogens is 2. The van der Waals surface area contributed by atoms with Crippen LogP contribution in [0.25, 0.3) is 0 Å². The van der Waals surface area contributed by atoms with E-state index in [1.807, 2.05) is 99.6 Å². The van der Waals surface area contributed by atoms with E-state index in [9.17, 15) is 14.5 Å². The second-order valence-electron chi connectivity index (χ2n) is 12.2. The monoisotopic (exact) mass is 708 g/mol. The summed E-state index contributed by atoms with van der Waals surface area (Å²) >= 11 is 0. The van der Waals surface area contributed by atoms with Gasteiger partial charge in [0.1, 0.15) is 55.2 Å². The van der Waals surface area contributed by atoms with E-state index in [4.69, 9.17) is 28.1 Å². The zero-order valence-corrected chi connectivity index (χ0v) is 30.4. The molecule has 1 aromatic heterocycles. The maximum absolute atomic E-state index is 13.5. The van der Waals surface area contributed by atoms with Gasteiger partial charge in [-0.15, -0.1) is 4.65 Å². The highest BCUT2D eigenvalue weighted by Crippen LogP contribution is 2.46. The van der Waals surface area contributed by atoms with E-state index in [1.165, 1.54) is 10.8 Å². The van der Waals surface area contributed by atoms with Gasteiger partial charge in [-0.05, 0) is 68.7 Å². The molecule has 0 spiro atoms. The molecule has 50 heavy (non-hydrogen) atoms. The highest BCUT2D eigenvalue weighted by atomic mass is 31.2. The number of ether oxygens (including phenoxy) is 4. The number of aromatic amines is 1. The summed E-state index contributed by atoms with van der Waals surface area (Å²) in [5.74, 6) is 1.38. The molecule has 1 aliphatic rings. The van der Waals surface area contributed by atoms with Gasteiger partial charge in [0, 0.05) is 27.7 Å². The third-order valence-electron chi connectivity index (χ3n) is 9.52. The molecule has 1 radical (unpaired) electrons. The maximum atomic E-state index is 13.5. The summed E-state index contributed by atoms with van der Waals surface area (Å²) in [7, 11) is 0.191. The van der Waals surface area contributed by atoms with Gasteiger partial charge in [-0.2, -0.15) is 4.52 Å². The molecule has 5 rings (SSSR count). The molecule has 12 nitrogen and oxygen atoms in total. The van der Waals surface area contributed by atoms with Crippen LogP contribution in [0, 0.1) is 6.92 Å². The Morgan fingerprint density at radius 2 is 1.40 bits per heavy atom. The van der Waals surface area contributed by atoms with Crippen LogP contribution in [0.2, 0.25) is 0 Å². The van der Waals surface area contributed by atoms with E-state index in [-0.39, 0.29) is 17.7 Å². The van der Waals surface area contributed by atoms with Gasteiger partial charge >= 0.3 is 14.3 Å². The van der Waals surface area contributed by atoms with E-state index in [0.29, 0.717) is 36.7 Å². The Balaban J connectivity index is 1.56. The van der Waals surface area contributed by atoms with Gasteiger partial charge in [-0.3, -0.25) is 14.3 Å². The molecule has 267 valence electrons. The highest BCUT2D eigenvalue weighted by Gasteiger charge is 2.48. The number of H-pyrrole nitrogens is 1. The molecule has 4 atom stereocenters. The third-order valence-corrected chi connectivity index (χ3v) is 10.6. The molecule has 1 saturated heterocycles. The molecule has 2 heterocycles. The third kappa shape index (κ3) is 7.87. The first-order valence-electron chi connectivity index (χ1n) is 16.8. The van der Waals surface area contributed by atoms with Crippen LogP contribution < -0.4 is 20.7 Å². The summed E-state index contributed by atoms with van der Waals surface area (Å²) < 4.78 is 38.2. The van der Waals surface area contributed by atoms with Crippen molar-refractivity contribution in [1.82, 2.24) is 9.55 Å². The van der Waals surface area contributed by atoms with Crippen molar-refractivity contribution < 1.29 is 37.6 Å². The van der Waals surface area contributed by atoms with Crippen LogP contribution in [-0.4, -0.2) is 66.9 Å². The van der Waals surface area contributed by atoms with Gasteiger partial charge in [0.2, 0.25) is 0 Å². The molecule has 1 fully saturated rings. The minimum Gasteiger partial charge on any atom is -0.497 e. The molecule has 0 saturated carbocycles. The number of hydroxylamine groups is 3. The van der Waals surface area contributed by atoms with Gasteiger partial charge in [-0.1, -0.05) is 54.6 Å². The molecule has 1 unspecified atom stereocenters. The first kappa shape index (κ1) is 37.4. The topological polar surface area (TPSA) is 130 Å². The Kier molecular flexibility index (Phi) is 12.3. The summed E-state index contributed by atoms with van der Waals surface area (Å²) in [6, 6.07) is 25.1. The Bertz CT molecular complexity index is 1740. The van der Waals surface area contributed by atoms with Gasteiger partial charge in [0.25, 0.3) is 5.56 Å². The van der Waals surface area contributed by atoms with Crippen molar-refractivity contribution in [2.75, 3.05) is 40.5 Å². The average molecular weight is 709 g/mol. The van der Waals surface area contributed by atoms with Crippen LogP contribution in [0.3, 0.4) is 0 Å². The first-order valence-corrected chi connectivity index (χ1v) is 18.1. The zero-order chi connectivity index (χ0) is 35.9. The second kappa shape index (κ2) is 16.4. The lowest BCUT2D eigenvalue weighted by Crippen LogP contribution is -2.46. The molecule has 0 amide bonds. The fraction of sp³-hybridized carbons (Fsp3) is 0.405. The van der Waals surface area contributed by atoms with Crippen molar-refractivity contribution in [3.8, 4) is 11.5 Å². The summed E-state index contributed by atoms with van der Waals surface area (Å²) in [6.07, 6.45) is -0.780. The Hall–Kier alpha value is -3.87. The number of quaternary nitrogens is 1. The number of aryl methyl sites for hydroxylation is 1. The minimum absolute atomic E-state index is 0.0321. The number of methoxy groups -OCH3 is 2. The smallest absolute Gasteiger partial charge is 0.497 e. The van der Waals surface area contributed by atoms with E-state index in [1.54, 1.807) is 21.1 Å². The van der Waals surface area contributed by atoms with Crippen LogP contribution >= 0.6 is 8.60 Å². The van der Waals surface area contributed by atoms with Crippen LogP contribution in [0.15, 0.2) is 94.6 Å². The Labute approximate surface area is 293 Å². The predicted octanol–water partition coefficient (Wildman–Crippen LogP) is 5.74. The summed E-state index contributed by atoms with van der Waals surface area (Å²) in [5, 5.41) is 0. The largest absolute Gasteiger partial charge is 0.507 e. The predicted molar refractivity (Wildman–Crippen MR) is 190 cm³/mol. The molecule has 4 aromatic rings. The summed E-state index contributed by atoms with van der Waals surface area (Å²) in [6.45, 7) is 9.32. The molecule has 0 aliphatic carbocycles. The fourth-order valence-corrected chi connectivity index (χ4v) is 7.64. The van der Waals surface area contributed by atoms with E-state index in [0.717, 1.165) is 16.7 Å². The molecule has 3 aromatic carbocycles. The molecule has 13 heteroatoms. The first-order chi connectivity index (χ1) is 24.1. The maximum Gasteiger partial charge on any atom is 0.507 e. The van der Waals surface area contributed by atoms with Crippen LogP contribution in [0.4, 0.5) is 0 Å². The normalized spacial score (nSPS) is 18.6. The number of nitrogens with one attached hydrogen (secondary N) is 1. The lowest BCUT2D eigenvalue weighted by Gasteiger charge is -2.37. The van der Waals surface area contributed by atoms with Gasteiger partial charge in [-0.25, -0.2) is 4.79 Å². The minimum atomic E-state index is -3.04. The van der Waals surface area contributed by atoms with Gasteiger partial charge < -0.3 is 18.9 Å². The van der Waals surface area contributed by atoms with Crippen molar-refractivity contribution in [2.45, 2.75) is 58.2 Å². The van der Waals surface area contributed by atoms with Crippen LogP contribution in [-0.2, 0) is 29.1 Å². The van der Waals surface area contributed by atoms with Crippen molar-refractivity contribution in [1.29, 1.82) is 0 Å². The number of hydrogen-bond acceptors (Lipinski definition) is 8. The van der Waals surface area contributed by atoms with Crippen molar-refractivity contribution in [2.24, 2.45) is 0 Å². The standard InChI is InChI=1S/C37H46N3O9P/c1-7-40(8-2,9-3)49-50(43)48-32-23-34(39-24-26(4)35(41)38-36(39)42)47-33(32)25-46-37(27-13-11-10-12-14-27,28-15-19-30(44-5)20-16-28)29-17-21-31(45-6)22-18-29/h10-22,24,32-34,50H,7-9,23,25H2,1-6H3/q+1/p+1/t32-,33+,34+/m0/s1. The molecule has 1 aliphatic heterocycles. The van der Waals surface area contributed by atoms with Gasteiger partial charge in [0.15, 0.2) is 0 Å². The van der Waals surface area contributed by atoms with E-state index < -0.39 is 43.9 Å². The van der Waals surface area contributed by atoms with Gasteiger partial charge in [0.05, 0.1) is 20.8 Å². The second-order valence-corrected chi connectivity index (χ2v) is 13.1. The van der Waals surface area contributed by atoms with Crippen molar-refractivity contribution >= 4 is 8.60 Å². The fourth-order valence-electron chi connectivity index (χ4n) is 6.39. The molecular weight excluding hydrogens is 661 g/mol. The molecule has 0 bridgehead atoms. The number of hydrogen-bond donors (Lipinski definition) is 1. The summed E-state index contributed by atoms with van der Waals surface area (Å²) in [5.41, 5.74) is 0.586. The van der Waals surface area contributed by atoms with Crippen LogP contribution in [0.1, 0.15) is 55.7 Å². The average Bonchev–Trinajstić information content (AvgIpc) is 3.54. The summed E-state index contributed by atoms with van der Waals surface area (Å²) in [4.78, 5) is 41.0.